The SMILES string of the molecule is CC12[CH2][Ge]3([CH2]C4OC4[CH2]3)[CH2]C1(C)O2. The maximum absolute atomic E-state index is 5.87. The fourth-order valence-electron chi connectivity index (χ4n) is 4.18. The van der Waals surface area contributed by atoms with Crippen LogP contribution >= 0.6 is 0 Å². The molecule has 0 aromatic rings. The van der Waals surface area contributed by atoms with Crippen molar-refractivity contribution in [2.75, 3.05) is 0 Å². The third kappa shape index (κ3) is 0.794. The Balaban J connectivity index is 1.65. The summed E-state index contributed by atoms with van der Waals surface area (Å²) in [5.41, 5.74) is 0.619. The van der Waals surface area contributed by atoms with Crippen LogP contribution in [0.1, 0.15) is 13.8 Å². The molecule has 0 aliphatic carbocycles. The Hall–Kier alpha value is 0.463. The summed E-state index contributed by atoms with van der Waals surface area (Å²) in [5.74, 6) is 0. The molecular formula is C10H16GeO2. The van der Waals surface area contributed by atoms with Gasteiger partial charge in [0.2, 0.25) is 0 Å². The van der Waals surface area contributed by atoms with E-state index in [1.54, 1.807) is 0 Å². The summed E-state index contributed by atoms with van der Waals surface area (Å²) in [4.78, 5) is 0. The van der Waals surface area contributed by atoms with Gasteiger partial charge >= 0.3 is 81.0 Å². The van der Waals surface area contributed by atoms with Crippen LogP contribution in [0.4, 0.5) is 0 Å². The molecule has 0 N–H and O–H groups in total. The molecule has 4 atom stereocenters. The van der Waals surface area contributed by atoms with Crippen LogP contribution in [0.5, 0.6) is 0 Å². The standard InChI is InChI=1S/C10H16GeO2/c1-9-5-11(6-10(9,2)13-9)3-7-8(4-11)12-7/h7-8H,3-6H2,1-2H3. The Morgan fingerprint density at radius 2 is 1.62 bits per heavy atom. The molecule has 4 saturated heterocycles. The van der Waals surface area contributed by atoms with E-state index in [2.05, 4.69) is 13.8 Å². The fraction of sp³-hybridized carbons (Fsp3) is 1.00. The van der Waals surface area contributed by atoms with Crippen LogP contribution in [0.2, 0.25) is 21.0 Å². The van der Waals surface area contributed by atoms with Crippen molar-refractivity contribution in [2.24, 2.45) is 0 Å². The molecule has 4 aliphatic heterocycles. The van der Waals surface area contributed by atoms with Crippen molar-refractivity contribution in [1.82, 2.24) is 0 Å². The quantitative estimate of drug-likeness (QED) is 0.477. The van der Waals surface area contributed by atoms with Gasteiger partial charge in [0.1, 0.15) is 0 Å². The van der Waals surface area contributed by atoms with Crippen LogP contribution in [0.15, 0.2) is 0 Å². The molecule has 0 amide bonds. The molecule has 1 spiro atoms. The third-order valence-corrected chi connectivity index (χ3v) is 16.2. The van der Waals surface area contributed by atoms with Gasteiger partial charge in [-0.2, -0.15) is 0 Å². The number of hydrogen-bond donors (Lipinski definition) is 0. The van der Waals surface area contributed by atoms with E-state index in [-0.39, 0.29) is 0 Å². The number of rotatable bonds is 0. The maximum atomic E-state index is 5.87. The normalized spacial score (nSPS) is 72.5. The molecule has 0 aromatic heterocycles. The Morgan fingerprint density at radius 3 is 2.15 bits per heavy atom. The zero-order chi connectivity index (χ0) is 8.90. The molecule has 3 heteroatoms. The van der Waals surface area contributed by atoms with Gasteiger partial charge in [-0.3, -0.25) is 0 Å². The first-order valence-electron chi connectivity index (χ1n) is 5.40. The van der Waals surface area contributed by atoms with Gasteiger partial charge in [-0.25, -0.2) is 0 Å². The van der Waals surface area contributed by atoms with E-state index in [0.717, 1.165) is 0 Å². The first-order valence-corrected chi connectivity index (χ1v) is 11.3. The van der Waals surface area contributed by atoms with Crippen molar-refractivity contribution >= 4 is 13.3 Å². The van der Waals surface area contributed by atoms with Crippen molar-refractivity contribution in [3.63, 3.8) is 0 Å². The topological polar surface area (TPSA) is 25.1 Å². The van der Waals surface area contributed by atoms with Crippen molar-refractivity contribution in [3.05, 3.63) is 0 Å². The van der Waals surface area contributed by atoms with Crippen molar-refractivity contribution in [3.8, 4) is 0 Å². The predicted octanol–water partition coefficient (Wildman–Crippen LogP) is 1.78. The van der Waals surface area contributed by atoms with Crippen LogP contribution in [0, 0.1) is 0 Å². The van der Waals surface area contributed by atoms with Crippen LogP contribution in [0.3, 0.4) is 0 Å². The van der Waals surface area contributed by atoms with E-state index in [4.69, 9.17) is 9.47 Å². The Morgan fingerprint density at radius 1 is 1.08 bits per heavy atom. The summed E-state index contributed by atoms with van der Waals surface area (Å²) < 4.78 is 11.4. The van der Waals surface area contributed by atoms with Gasteiger partial charge in [-0.05, 0) is 0 Å². The minimum atomic E-state index is -1.41. The van der Waals surface area contributed by atoms with E-state index in [1.807, 2.05) is 0 Å². The van der Waals surface area contributed by atoms with E-state index in [9.17, 15) is 0 Å². The molecule has 4 rings (SSSR count). The summed E-state index contributed by atoms with van der Waals surface area (Å²) in [6, 6.07) is 0. The Bertz CT molecular complexity index is 277. The molecule has 4 fully saturated rings. The summed E-state index contributed by atoms with van der Waals surface area (Å²) in [5, 5.41) is 5.94. The summed E-state index contributed by atoms with van der Waals surface area (Å²) in [6.45, 7) is 4.66. The van der Waals surface area contributed by atoms with Gasteiger partial charge in [0.15, 0.2) is 0 Å². The number of fused-ring (bicyclic) bond motifs is 2. The summed E-state index contributed by atoms with van der Waals surface area (Å²) in [7, 11) is 0. The molecule has 0 saturated carbocycles. The predicted molar refractivity (Wildman–Crippen MR) is 51.5 cm³/mol. The second kappa shape index (κ2) is 1.76. The minimum absolute atomic E-state index is 0.309. The Kier molecular flexibility index (Phi) is 1.05. The summed E-state index contributed by atoms with van der Waals surface area (Å²) >= 11 is -1.41. The van der Waals surface area contributed by atoms with Gasteiger partial charge in [-0.1, -0.05) is 0 Å². The number of hydrogen-bond acceptors (Lipinski definition) is 2. The first kappa shape index (κ1) is 7.72. The van der Waals surface area contributed by atoms with Gasteiger partial charge in [0.25, 0.3) is 0 Å². The second-order valence-electron chi connectivity index (χ2n) is 6.04. The molecule has 0 radical (unpaired) electrons. The average molecular weight is 241 g/mol. The third-order valence-electron chi connectivity index (χ3n) is 4.91. The summed E-state index contributed by atoms with van der Waals surface area (Å²) in [6.07, 6.45) is 1.43. The Labute approximate surface area is 81.3 Å². The molecular weight excluding hydrogens is 225 g/mol. The van der Waals surface area contributed by atoms with Crippen LogP contribution < -0.4 is 0 Å². The van der Waals surface area contributed by atoms with Gasteiger partial charge in [0, 0.05) is 0 Å². The fourth-order valence-corrected chi connectivity index (χ4v) is 19.0. The van der Waals surface area contributed by atoms with Crippen molar-refractivity contribution in [1.29, 1.82) is 0 Å². The molecule has 4 aliphatic rings. The van der Waals surface area contributed by atoms with Crippen molar-refractivity contribution in [2.45, 2.75) is 58.3 Å². The molecule has 72 valence electrons. The first-order chi connectivity index (χ1) is 6.04. The van der Waals surface area contributed by atoms with Gasteiger partial charge in [-0.15, -0.1) is 0 Å². The van der Waals surface area contributed by atoms with Gasteiger partial charge < -0.3 is 0 Å². The van der Waals surface area contributed by atoms with E-state index >= 15 is 0 Å². The molecule has 4 unspecified atom stereocenters. The van der Waals surface area contributed by atoms with Crippen LogP contribution in [-0.4, -0.2) is 36.7 Å². The zero-order valence-electron chi connectivity index (χ0n) is 8.30. The zero-order valence-corrected chi connectivity index (χ0v) is 10.4. The van der Waals surface area contributed by atoms with Crippen LogP contribution in [-0.2, 0) is 9.47 Å². The van der Waals surface area contributed by atoms with E-state index in [1.165, 1.54) is 21.0 Å². The monoisotopic (exact) mass is 242 g/mol. The molecule has 0 bridgehead atoms. The van der Waals surface area contributed by atoms with Crippen LogP contribution in [0.25, 0.3) is 0 Å². The number of ether oxygens (including phenoxy) is 2. The number of epoxide rings is 2. The van der Waals surface area contributed by atoms with Gasteiger partial charge in [0.05, 0.1) is 0 Å². The second-order valence-corrected chi connectivity index (χ2v) is 15.5. The molecule has 4 heterocycles. The molecule has 2 nitrogen and oxygen atoms in total. The van der Waals surface area contributed by atoms with E-state index < -0.39 is 13.3 Å². The average Bonchev–Trinajstić information content (AvgIpc) is 2.69. The molecule has 0 aromatic carbocycles. The van der Waals surface area contributed by atoms with E-state index in [0.29, 0.717) is 23.4 Å². The molecule has 13 heavy (non-hydrogen) atoms. The van der Waals surface area contributed by atoms with Crippen molar-refractivity contribution < 1.29 is 9.47 Å².